The molecule has 0 bridgehead atoms. The Bertz CT molecular complexity index is 449. The standard InChI is InChI=1S/C16H30O9/c1-3-5-15(4-2,14-12(21)10(19)8(17)6-24-14)16(23)13(22)11(20)9(18)7-25-16/h8-14,17-23H,3-7H2,1-2H3/t8-,9-,10+,11+,12-,13-,14-,15?,16+/m1/s1. The Morgan fingerprint density at radius 2 is 1.52 bits per heavy atom. The van der Waals surface area contributed by atoms with Crippen molar-refractivity contribution >= 4 is 0 Å². The van der Waals surface area contributed by atoms with Gasteiger partial charge in [-0.2, -0.15) is 0 Å². The molecule has 1 unspecified atom stereocenters. The lowest BCUT2D eigenvalue weighted by Crippen LogP contribution is -2.73. The Balaban J connectivity index is 2.47. The van der Waals surface area contributed by atoms with E-state index in [1.165, 1.54) is 0 Å². The van der Waals surface area contributed by atoms with Crippen LogP contribution in [0, 0.1) is 5.41 Å². The Labute approximate surface area is 146 Å². The van der Waals surface area contributed by atoms with E-state index in [9.17, 15) is 35.7 Å². The maximum Gasteiger partial charge on any atom is 0.203 e. The Kier molecular flexibility index (Phi) is 6.46. The van der Waals surface area contributed by atoms with Crippen LogP contribution in [0.3, 0.4) is 0 Å². The summed E-state index contributed by atoms with van der Waals surface area (Å²) in [6, 6.07) is 0. The second kappa shape index (κ2) is 7.71. The van der Waals surface area contributed by atoms with Gasteiger partial charge in [-0.25, -0.2) is 0 Å². The SMILES string of the molecule is CCCC(CC)([C@@H]1OC[C@@H](O)[C@H](O)[C@H]1O)[C@@]1(O)OC[C@@H](O)[C@H](O)[C@H]1O. The van der Waals surface area contributed by atoms with E-state index in [0.29, 0.717) is 6.42 Å². The molecule has 148 valence electrons. The van der Waals surface area contributed by atoms with Crippen LogP contribution in [0.25, 0.3) is 0 Å². The number of rotatable bonds is 5. The molecule has 0 aliphatic carbocycles. The Hall–Kier alpha value is -0.360. The van der Waals surface area contributed by atoms with Crippen LogP contribution >= 0.6 is 0 Å². The molecule has 9 heteroatoms. The average Bonchev–Trinajstić information content (AvgIpc) is 2.60. The molecule has 0 spiro atoms. The molecule has 0 aromatic rings. The van der Waals surface area contributed by atoms with Crippen LogP contribution in [0.1, 0.15) is 33.1 Å². The highest BCUT2D eigenvalue weighted by Crippen LogP contribution is 2.51. The van der Waals surface area contributed by atoms with E-state index in [0.717, 1.165) is 0 Å². The van der Waals surface area contributed by atoms with Gasteiger partial charge in [0.15, 0.2) is 0 Å². The summed E-state index contributed by atoms with van der Waals surface area (Å²) in [5.74, 6) is -2.32. The second-order valence-corrected chi connectivity index (χ2v) is 7.07. The van der Waals surface area contributed by atoms with Gasteiger partial charge in [-0.05, 0) is 12.8 Å². The van der Waals surface area contributed by atoms with Crippen molar-refractivity contribution in [1.82, 2.24) is 0 Å². The summed E-state index contributed by atoms with van der Waals surface area (Å²) in [5, 5.41) is 71.6. The zero-order chi connectivity index (χ0) is 19.0. The molecule has 0 radical (unpaired) electrons. The first-order chi connectivity index (χ1) is 11.7. The summed E-state index contributed by atoms with van der Waals surface area (Å²) in [7, 11) is 0. The third kappa shape index (κ3) is 3.22. The fourth-order valence-corrected chi connectivity index (χ4v) is 4.17. The Morgan fingerprint density at radius 1 is 0.920 bits per heavy atom. The average molecular weight is 366 g/mol. The third-order valence-electron chi connectivity index (χ3n) is 5.68. The predicted molar refractivity (Wildman–Crippen MR) is 84.3 cm³/mol. The molecule has 2 fully saturated rings. The van der Waals surface area contributed by atoms with E-state index in [1.807, 2.05) is 6.92 Å². The fraction of sp³-hybridized carbons (Fsp3) is 1.00. The van der Waals surface area contributed by atoms with Gasteiger partial charge in [0.05, 0.1) is 24.7 Å². The minimum absolute atomic E-state index is 0.182. The summed E-state index contributed by atoms with van der Waals surface area (Å²) in [5.41, 5.74) is -1.39. The molecule has 2 aliphatic rings. The number of ether oxygens (including phenoxy) is 2. The zero-order valence-electron chi connectivity index (χ0n) is 14.5. The zero-order valence-corrected chi connectivity index (χ0v) is 14.5. The molecule has 9 nitrogen and oxygen atoms in total. The van der Waals surface area contributed by atoms with Crippen molar-refractivity contribution in [1.29, 1.82) is 0 Å². The highest BCUT2D eigenvalue weighted by Gasteiger charge is 2.65. The summed E-state index contributed by atoms with van der Waals surface area (Å²) in [4.78, 5) is 0. The van der Waals surface area contributed by atoms with Crippen molar-refractivity contribution < 1.29 is 45.2 Å². The summed E-state index contributed by atoms with van der Waals surface area (Å²) in [6.45, 7) is 2.86. The predicted octanol–water partition coefficient (Wildman–Crippen LogP) is -2.53. The van der Waals surface area contributed by atoms with Crippen molar-refractivity contribution in [2.24, 2.45) is 5.41 Å². The fourth-order valence-electron chi connectivity index (χ4n) is 4.17. The minimum Gasteiger partial charge on any atom is -0.388 e. The normalized spacial score (nSPS) is 48.1. The van der Waals surface area contributed by atoms with Crippen molar-refractivity contribution in [2.75, 3.05) is 13.2 Å². The van der Waals surface area contributed by atoms with Gasteiger partial charge in [0, 0.05) is 0 Å². The highest BCUT2D eigenvalue weighted by molar-refractivity contribution is 5.09. The lowest BCUT2D eigenvalue weighted by molar-refractivity contribution is -0.393. The lowest BCUT2D eigenvalue weighted by atomic mass is 9.63. The molecule has 2 saturated heterocycles. The van der Waals surface area contributed by atoms with Crippen LogP contribution in [0.5, 0.6) is 0 Å². The van der Waals surface area contributed by atoms with E-state index < -0.39 is 60.5 Å². The van der Waals surface area contributed by atoms with Gasteiger partial charge in [0.1, 0.15) is 36.6 Å². The van der Waals surface area contributed by atoms with E-state index in [2.05, 4.69) is 0 Å². The molecule has 0 aromatic carbocycles. The second-order valence-electron chi connectivity index (χ2n) is 7.07. The highest BCUT2D eigenvalue weighted by atomic mass is 16.7. The van der Waals surface area contributed by atoms with Crippen LogP contribution in [0.2, 0.25) is 0 Å². The van der Waals surface area contributed by atoms with Gasteiger partial charge in [-0.15, -0.1) is 0 Å². The van der Waals surface area contributed by atoms with Crippen LogP contribution in [-0.4, -0.2) is 97.5 Å². The quantitative estimate of drug-likeness (QED) is 0.278. The van der Waals surface area contributed by atoms with Crippen LogP contribution in [0.15, 0.2) is 0 Å². The Morgan fingerprint density at radius 3 is 2.08 bits per heavy atom. The van der Waals surface area contributed by atoms with Gasteiger partial charge in [0.2, 0.25) is 5.79 Å². The van der Waals surface area contributed by atoms with Crippen LogP contribution < -0.4 is 0 Å². The van der Waals surface area contributed by atoms with E-state index in [4.69, 9.17) is 9.47 Å². The number of aliphatic hydroxyl groups excluding tert-OH is 6. The first kappa shape index (κ1) is 20.9. The van der Waals surface area contributed by atoms with Gasteiger partial charge in [-0.1, -0.05) is 20.3 Å². The number of aliphatic hydroxyl groups is 7. The topological polar surface area (TPSA) is 160 Å². The molecule has 7 N–H and O–H groups in total. The van der Waals surface area contributed by atoms with Crippen molar-refractivity contribution in [3.8, 4) is 0 Å². The smallest absolute Gasteiger partial charge is 0.203 e. The summed E-state index contributed by atoms with van der Waals surface area (Å²) in [6.07, 6.45) is -9.35. The van der Waals surface area contributed by atoms with Crippen molar-refractivity contribution in [3.05, 3.63) is 0 Å². The molecule has 2 heterocycles. The van der Waals surface area contributed by atoms with Crippen molar-refractivity contribution in [2.45, 2.75) is 81.6 Å². The molecule has 25 heavy (non-hydrogen) atoms. The molecule has 2 aliphatic heterocycles. The van der Waals surface area contributed by atoms with Gasteiger partial charge in [-0.3, -0.25) is 0 Å². The summed E-state index contributed by atoms with van der Waals surface area (Å²) >= 11 is 0. The maximum atomic E-state index is 11.2. The van der Waals surface area contributed by atoms with Gasteiger partial charge in [0.25, 0.3) is 0 Å². The molecule has 9 atom stereocenters. The van der Waals surface area contributed by atoms with Gasteiger partial charge >= 0.3 is 0 Å². The third-order valence-corrected chi connectivity index (χ3v) is 5.68. The molecular formula is C16H30O9. The molecule has 0 saturated carbocycles. The first-order valence-electron chi connectivity index (χ1n) is 8.72. The van der Waals surface area contributed by atoms with E-state index in [1.54, 1.807) is 6.92 Å². The molecule has 2 rings (SSSR count). The van der Waals surface area contributed by atoms with Crippen LogP contribution in [-0.2, 0) is 9.47 Å². The first-order valence-corrected chi connectivity index (χ1v) is 8.72. The van der Waals surface area contributed by atoms with E-state index in [-0.39, 0.29) is 19.4 Å². The lowest BCUT2D eigenvalue weighted by Gasteiger charge is -2.57. The summed E-state index contributed by atoms with van der Waals surface area (Å²) < 4.78 is 10.9. The van der Waals surface area contributed by atoms with E-state index >= 15 is 0 Å². The van der Waals surface area contributed by atoms with Crippen LogP contribution in [0.4, 0.5) is 0 Å². The van der Waals surface area contributed by atoms with Crippen molar-refractivity contribution in [3.63, 3.8) is 0 Å². The molecular weight excluding hydrogens is 336 g/mol. The number of hydrogen-bond donors (Lipinski definition) is 7. The maximum absolute atomic E-state index is 11.2. The monoisotopic (exact) mass is 366 g/mol. The largest absolute Gasteiger partial charge is 0.388 e. The molecule has 0 amide bonds. The number of hydrogen-bond acceptors (Lipinski definition) is 9. The minimum atomic E-state index is -2.32. The van der Waals surface area contributed by atoms with Gasteiger partial charge < -0.3 is 45.2 Å². The molecule has 0 aromatic heterocycles.